The van der Waals surface area contributed by atoms with E-state index in [1.54, 1.807) is 6.33 Å². The van der Waals surface area contributed by atoms with Gasteiger partial charge in [0.1, 0.15) is 5.82 Å². The van der Waals surface area contributed by atoms with Crippen molar-refractivity contribution in [2.75, 3.05) is 5.73 Å². The molecule has 5 nitrogen and oxygen atoms in total. The van der Waals surface area contributed by atoms with Crippen molar-refractivity contribution in [3.63, 3.8) is 0 Å². The lowest BCUT2D eigenvalue weighted by molar-refractivity contribution is 1.33. The van der Waals surface area contributed by atoms with E-state index in [9.17, 15) is 0 Å². The van der Waals surface area contributed by atoms with Crippen LogP contribution in [0.5, 0.6) is 0 Å². The number of benzene rings is 2. The predicted octanol–water partition coefficient (Wildman–Crippen LogP) is 2.69. The van der Waals surface area contributed by atoms with Crippen LogP contribution in [0.4, 0.5) is 5.69 Å². The van der Waals surface area contributed by atoms with Crippen molar-refractivity contribution < 1.29 is 0 Å². The zero-order valence-electron chi connectivity index (χ0n) is 10.0. The Morgan fingerprint density at radius 3 is 2.79 bits per heavy atom. The van der Waals surface area contributed by atoms with Gasteiger partial charge in [0, 0.05) is 11.3 Å². The van der Waals surface area contributed by atoms with Gasteiger partial charge in [0.05, 0.1) is 28.4 Å². The van der Waals surface area contributed by atoms with E-state index >= 15 is 0 Å². The highest BCUT2D eigenvalue weighted by atomic mass is 14.9. The molecule has 0 saturated carbocycles. The fraction of sp³-hybridized carbons (Fsp3) is 0. The molecular formula is C14H11N5. The Hall–Kier alpha value is -2.82. The van der Waals surface area contributed by atoms with Gasteiger partial charge in [-0.15, -0.1) is 0 Å². The number of nitrogens with one attached hydrogen (secondary N) is 2. The van der Waals surface area contributed by atoms with Crippen LogP contribution in [0.3, 0.4) is 0 Å². The van der Waals surface area contributed by atoms with Gasteiger partial charge < -0.3 is 15.7 Å². The van der Waals surface area contributed by atoms with Crippen molar-refractivity contribution >= 4 is 27.8 Å². The third-order valence-corrected chi connectivity index (χ3v) is 3.20. The summed E-state index contributed by atoms with van der Waals surface area (Å²) in [5.74, 6) is 0.825. The van der Waals surface area contributed by atoms with Crippen LogP contribution in [0.2, 0.25) is 0 Å². The van der Waals surface area contributed by atoms with Gasteiger partial charge in [-0.05, 0) is 36.4 Å². The second kappa shape index (κ2) is 3.58. The minimum absolute atomic E-state index is 0.716. The Kier molecular flexibility index (Phi) is 1.91. The van der Waals surface area contributed by atoms with Crippen LogP contribution in [-0.4, -0.2) is 19.9 Å². The van der Waals surface area contributed by atoms with Gasteiger partial charge in [-0.25, -0.2) is 9.97 Å². The molecule has 2 heterocycles. The molecule has 4 rings (SSSR count). The Morgan fingerprint density at radius 1 is 0.947 bits per heavy atom. The predicted molar refractivity (Wildman–Crippen MR) is 75.6 cm³/mol. The lowest BCUT2D eigenvalue weighted by atomic mass is 10.2. The number of fused-ring (bicyclic) bond motifs is 2. The van der Waals surface area contributed by atoms with E-state index < -0.39 is 0 Å². The second-order valence-electron chi connectivity index (χ2n) is 4.50. The van der Waals surface area contributed by atoms with Crippen LogP contribution in [0, 0.1) is 0 Å². The average molecular weight is 249 g/mol. The lowest BCUT2D eigenvalue weighted by Gasteiger charge is -1.95. The Morgan fingerprint density at radius 2 is 1.84 bits per heavy atom. The van der Waals surface area contributed by atoms with Crippen molar-refractivity contribution in [1.29, 1.82) is 0 Å². The Labute approximate surface area is 108 Å². The Bertz CT molecular complexity index is 887. The van der Waals surface area contributed by atoms with Crippen LogP contribution in [0.15, 0.2) is 42.7 Å². The molecule has 0 saturated heterocycles. The van der Waals surface area contributed by atoms with E-state index in [0.717, 1.165) is 33.5 Å². The van der Waals surface area contributed by atoms with Gasteiger partial charge in [-0.1, -0.05) is 0 Å². The molecule has 0 spiro atoms. The van der Waals surface area contributed by atoms with Crippen molar-refractivity contribution in [3.8, 4) is 11.4 Å². The number of hydrogen-bond donors (Lipinski definition) is 3. The normalized spacial score (nSPS) is 11.4. The molecule has 2 aromatic heterocycles. The number of aromatic nitrogens is 4. The number of hydrogen-bond acceptors (Lipinski definition) is 3. The van der Waals surface area contributed by atoms with Gasteiger partial charge in [0.15, 0.2) is 0 Å². The highest BCUT2D eigenvalue weighted by Gasteiger charge is 2.07. The van der Waals surface area contributed by atoms with Crippen LogP contribution in [0.1, 0.15) is 0 Å². The summed E-state index contributed by atoms with van der Waals surface area (Å²) in [4.78, 5) is 15.2. The van der Waals surface area contributed by atoms with Gasteiger partial charge in [-0.3, -0.25) is 0 Å². The summed E-state index contributed by atoms with van der Waals surface area (Å²) in [7, 11) is 0. The molecule has 4 N–H and O–H groups in total. The van der Waals surface area contributed by atoms with Crippen LogP contribution in [-0.2, 0) is 0 Å². The number of aromatic amines is 2. The molecule has 0 aliphatic carbocycles. The highest BCUT2D eigenvalue weighted by molar-refractivity contribution is 5.85. The van der Waals surface area contributed by atoms with E-state index in [-0.39, 0.29) is 0 Å². The molecule has 0 atom stereocenters. The number of nitrogens with two attached hydrogens (primary N) is 1. The van der Waals surface area contributed by atoms with Crippen molar-refractivity contribution in [2.45, 2.75) is 0 Å². The number of nitrogens with zero attached hydrogens (tertiary/aromatic N) is 2. The zero-order chi connectivity index (χ0) is 12.8. The van der Waals surface area contributed by atoms with E-state index in [1.807, 2.05) is 36.4 Å². The number of H-pyrrole nitrogens is 2. The third-order valence-electron chi connectivity index (χ3n) is 3.20. The third kappa shape index (κ3) is 1.55. The molecule has 0 fully saturated rings. The second-order valence-corrected chi connectivity index (χ2v) is 4.50. The van der Waals surface area contributed by atoms with E-state index in [0.29, 0.717) is 5.69 Å². The molecule has 0 aliphatic rings. The first-order chi connectivity index (χ1) is 9.29. The first-order valence-corrected chi connectivity index (χ1v) is 5.98. The monoisotopic (exact) mass is 249 g/mol. The largest absolute Gasteiger partial charge is 0.399 e. The zero-order valence-corrected chi connectivity index (χ0v) is 10.0. The Balaban J connectivity index is 1.92. The van der Waals surface area contributed by atoms with Gasteiger partial charge in [-0.2, -0.15) is 0 Å². The van der Waals surface area contributed by atoms with Gasteiger partial charge in [0.25, 0.3) is 0 Å². The van der Waals surface area contributed by atoms with Gasteiger partial charge in [0.2, 0.25) is 0 Å². The van der Waals surface area contributed by atoms with E-state index in [4.69, 9.17) is 5.73 Å². The highest BCUT2D eigenvalue weighted by Crippen LogP contribution is 2.24. The van der Waals surface area contributed by atoms with Crippen LogP contribution >= 0.6 is 0 Å². The molecular weight excluding hydrogens is 238 g/mol. The van der Waals surface area contributed by atoms with Crippen molar-refractivity contribution in [2.24, 2.45) is 0 Å². The molecule has 4 aromatic rings. The number of nitrogen functional groups attached to an aromatic ring is 1. The van der Waals surface area contributed by atoms with E-state index in [1.165, 1.54) is 0 Å². The summed E-state index contributed by atoms with van der Waals surface area (Å²) in [6.45, 7) is 0. The molecule has 92 valence electrons. The molecule has 2 aromatic carbocycles. The average Bonchev–Trinajstić information content (AvgIpc) is 3.02. The molecule has 0 unspecified atom stereocenters. The van der Waals surface area contributed by atoms with Crippen molar-refractivity contribution in [1.82, 2.24) is 19.9 Å². The lowest BCUT2D eigenvalue weighted by Crippen LogP contribution is -1.82. The maximum atomic E-state index is 5.76. The molecule has 0 aliphatic heterocycles. The first kappa shape index (κ1) is 10.1. The summed E-state index contributed by atoms with van der Waals surface area (Å²) >= 11 is 0. The summed E-state index contributed by atoms with van der Waals surface area (Å²) in [6, 6.07) is 11.7. The summed E-state index contributed by atoms with van der Waals surface area (Å²) < 4.78 is 0. The van der Waals surface area contributed by atoms with E-state index in [2.05, 4.69) is 19.9 Å². The maximum Gasteiger partial charge on any atom is 0.138 e. The van der Waals surface area contributed by atoms with Crippen LogP contribution < -0.4 is 5.73 Å². The number of imidazole rings is 2. The molecule has 0 amide bonds. The summed E-state index contributed by atoms with van der Waals surface area (Å²) in [5, 5.41) is 0. The van der Waals surface area contributed by atoms with Crippen LogP contribution in [0.25, 0.3) is 33.5 Å². The molecule has 0 radical (unpaired) electrons. The topological polar surface area (TPSA) is 83.4 Å². The first-order valence-electron chi connectivity index (χ1n) is 5.98. The summed E-state index contributed by atoms with van der Waals surface area (Å²) in [5.41, 5.74) is 11.3. The molecule has 19 heavy (non-hydrogen) atoms. The number of anilines is 1. The maximum absolute atomic E-state index is 5.76. The minimum Gasteiger partial charge on any atom is -0.399 e. The van der Waals surface area contributed by atoms with Crippen molar-refractivity contribution in [3.05, 3.63) is 42.7 Å². The minimum atomic E-state index is 0.716. The summed E-state index contributed by atoms with van der Waals surface area (Å²) in [6.07, 6.45) is 1.69. The molecule has 0 bridgehead atoms. The SMILES string of the molecule is Nc1ccc2[nH]c(-c3ccc4[nH]cnc4c3)nc2c1. The fourth-order valence-corrected chi connectivity index (χ4v) is 2.24. The number of rotatable bonds is 1. The quantitative estimate of drug-likeness (QED) is 0.453. The fourth-order valence-electron chi connectivity index (χ4n) is 2.24. The van der Waals surface area contributed by atoms with Gasteiger partial charge >= 0.3 is 0 Å². The molecule has 5 heteroatoms. The standard InChI is InChI=1S/C14H11N5/c15-9-2-4-11-13(6-9)19-14(18-11)8-1-3-10-12(5-8)17-7-16-10/h1-7H,15H2,(H,16,17)(H,18,19). The smallest absolute Gasteiger partial charge is 0.138 e.